The van der Waals surface area contributed by atoms with Crippen LogP contribution in [0, 0.1) is 0 Å². The molecule has 307 valence electrons. The standard InChI is InChI=1S/C14H13ClN4.C10H12BrNO.C4H4ClN3.2CH4.B.H15P13/c1-18(2)11-5-3-10(4-6-11)12-8-19-9-13(15)16-7-14(19)17-12;1-12(2)9-5-3-8(4-6-9)10(13)7-11;5-3-1-8-4(6)2-7-3;;;;1-8-12(9(2)3)13(10(4)5)11(6)7/h3-9H,1-2H3;3-6H,7H2,1-2H3;1-2H,(H2,6,8);2*1H4;;8H,1-7H2. The van der Waals surface area contributed by atoms with E-state index in [1.807, 2.05) is 68.0 Å². The number of fused-ring (bicyclic) bond motifs is 1. The van der Waals surface area contributed by atoms with Crippen LogP contribution in [0.25, 0.3) is 16.9 Å². The van der Waals surface area contributed by atoms with Gasteiger partial charge in [-0.15, -0.1) is 62.5 Å². The first-order chi connectivity index (χ1) is 25.0. The maximum absolute atomic E-state index is 11.2. The average molecular weight is 1110 g/mol. The minimum absolute atomic E-state index is 0. The second-order valence-corrected chi connectivity index (χ2v) is 59.5. The van der Waals surface area contributed by atoms with E-state index in [0.29, 0.717) is 21.5 Å². The quantitative estimate of drug-likeness (QED) is 0.0638. The number of nitrogens with zero attached hydrogens (tertiary/aromatic N) is 7. The van der Waals surface area contributed by atoms with E-state index < -0.39 is 0 Å². The van der Waals surface area contributed by atoms with Crippen molar-refractivity contribution in [3.8, 4) is 11.3 Å². The molecule has 0 spiro atoms. The molecule has 0 amide bonds. The third kappa shape index (κ3) is 21.3. The van der Waals surface area contributed by atoms with E-state index in [0.717, 1.165) is 41.8 Å². The van der Waals surface area contributed by atoms with Crippen LogP contribution in [0.1, 0.15) is 25.2 Å². The van der Waals surface area contributed by atoms with Gasteiger partial charge in [0, 0.05) is 71.5 Å². The highest BCUT2D eigenvalue weighted by atomic mass is 79.9. The number of Topliss-reactive ketones (excluding diaryl/α,β-unsaturated/α-hetero) is 1. The number of imidazole rings is 1. The lowest BCUT2D eigenvalue weighted by molar-refractivity contribution is 0.102. The first kappa shape index (κ1) is 60.0. The van der Waals surface area contributed by atoms with Crippen molar-refractivity contribution in [2.24, 2.45) is 0 Å². The number of rotatable bonds is 10. The van der Waals surface area contributed by atoms with Crippen LogP contribution in [-0.2, 0) is 0 Å². The van der Waals surface area contributed by atoms with E-state index >= 15 is 0 Å². The summed E-state index contributed by atoms with van der Waals surface area (Å²) in [6.45, 7) is 0.866. The molecule has 2 aromatic carbocycles. The van der Waals surface area contributed by atoms with Gasteiger partial charge in [-0.05, 0) is 71.3 Å². The van der Waals surface area contributed by atoms with Gasteiger partial charge in [0.2, 0.25) is 0 Å². The number of alkyl halides is 1. The summed E-state index contributed by atoms with van der Waals surface area (Å²) >= 11 is 14.4. The van der Waals surface area contributed by atoms with Gasteiger partial charge in [0.15, 0.2) is 11.4 Å². The Kier molecular flexibility index (Phi) is 34.0. The summed E-state index contributed by atoms with van der Waals surface area (Å²) in [5.74, 6) is 0.500. The van der Waals surface area contributed by atoms with Crippen LogP contribution in [0.2, 0.25) is 10.3 Å². The van der Waals surface area contributed by atoms with Gasteiger partial charge in [-0.3, -0.25) is 4.79 Å². The Labute approximate surface area is 378 Å². The van der Waals surface area contributed by atoms with Gasteiger partial charge in [0.05, 0.1) is 29.6 Å². The van der Waals surface area contributed by atoms with Crippen LogP contribution in [-0.4, -0.2) is 72.1 Å². The van der Waals surface area contributed by atoms with Gasteiger partial charge in [-0.1, -0.05) is 74.1 Å². The number of anilines is 3. The largest absolute Gasteiger partial charge is 0.382 e. The summed E-state index contributed by atoms with van der Waals surface area (Å²) < 4.78 is 1.88. The Hall–Kier alpha value is 1.92. The number of carbonyl (C=O) groups excluding carboxylic acids is 1. The average Bonchev–Trinajstić information content (AvgIpc) is 3.55. The van der Waals surface area contributed by atoms with E-state index in [1.165, 1.54) is 12.4 Å². The first-order valence-corrected chi connectivity index (χ1v) is 39.6. The molecule has 26 heteroatoms. The predicted molar refractivity (Wildman–Crippen MR) is 298 cm³/mol. The Morgan fingerprint density at radius 3 is 1.66 bits per heavy atom. The van der Waals surface area contributed by atoms with Crippen LogP contribution >= 0.6 is 145 Å². The lowest BCUT2D eigenvalue weighted by Crippen LogP contribution is -2.09. The number of nitrogen functional groups attached to an aromatic ring is 1. The third-order valence-electron chi connectivity index (χ3n) is 6.37. The van der Waals surface area contributed by atoms with Crippen molar-refractivity contribution in [3.05, 3.63) is 95.4 Å². The van der Waals surface area contributed by atoms with Gasteiger partial charge in [0.25, 0.3) is 0 Å². The highest BCUT2D eigenvalue weighted by Gasteiger charge is 2.28. The molecule has 3 heterocycles. The van der Waals surface area contributed by atoms with Crippen LogP contribution < -0.4 is 15.5 Å². The van der Waals surface area contributed by atoms with E-state index in [4.69, 9.17) is 28.9 Å². The van der Waals surface area contributed by atoms with Crippen molar-refractivity contribution in [2.75, 3.05) is 49.1 Å². The highest BCUT2D eigenvalue weighted by Crippen LogP contribution is 3.18. The molecule has 56 heavy (non-hydrogen) atoms. The zero-order chi connectivity index (χ0) is 39.8. The first-order valence-electron chi connectivity index (χ1n) is 14.8. The third-order valence-corrected chi connectivity index (χ3v) is 80.6. The van der Waals surface area contributed by atoms with Crippen molar-refractivity contribution in [2.45, 2.75) is 14.9 Å². The van der Waals surface area contributed by atoms with Gasteiger partial charge < -0.3 is 19.9 Å². The van der Waals surface area contributed by atoms with Crippen molar-refractivity contribution >= 4 is 182 Å². The Balaban J connectivity index is 0. The molecule has 9 nitrogen and oxygen atoms in total. The minimum Gasteiger partial charge on any atom is -0.382 e. The molecule has 9 atom stereocenters. The topological polar surface area (TPSA) is 106 Å². The molecule has 2 N–H and O–H groups in total. The number of benzene rings is 2. The molecule has 5 aromatic rings. The van der Waals surface area contributed by atoms with Crippen LogP contribution in [0.5, 0.6) is 0 Å². The predicted octanol–water partition coefficient (Wildman–Crippen LogP) is 14.2. The van der Waals surface area contributed by atoms with Crippen molar-refractivity contribution in [1.82, 2.24) is 24.3 Å². The highest BCUT2D eigenvalue weighted by molar-refractivity contribution is 9.24. The second kappa shape index (κ2) is 31.7. The second-order valence-electron chi connectivity index (χ2n) is 10.6. The number of hydrogen-bond acceptors (Lipinski definition) is 8. The number of halogens is 3. The lowest BCUT2D eigenvalue weighted by Gasteiger charge is -2.34. The summed E-state index contributed by atoms with van der Waals surface area (Å²) in [6, 6.07) is 15.8. The minimum atomic E-state index is 0. The molecule has 9 unspecified atom stereocenters. The van der Waals surface area contributed by atoms with Crippen molar-refractivity contribution in [1.29, 1.82) is 0 Å². The van der Waals surface area contributed by atoms with E-state index in [1.54, 1.807) is 12.4 Å². The molecule has 0 aliphatic carbocycles. The fourth-order valence-electron chi connectivity index (χ4n) is 3.81. The molecule has 5 rings (SSSR count). The summed E-state index contributed by atoms with van der Waals surface area (Å²) in [5, 5.41) is 1.20. The zero-order valence-electron chi connectivity index (χ0n) is 29.8. The molecule has 0 saturated heterocycles. The fraction of sp³-hybridized carbons (Fsp3) is 0.233. The van der Waals surface area contributed by atoms with Crippen LogP contribution in [0.4, 0.5) is 17.2 Å². The number of hydrogen-bond donors (Lipinski definition) is 1. The SMILES string of the molecule is C.C.CN(C)c1ccc(-c2cn3cc(Cl)ncc3n2)cc1.CN(C)c1ccc(C(=O)CBr)cc1.Nc1cnc(Cl)cn1.PPP(P(P)P)P(P(P)P)P(P)P.[B]. The van der Waals surface area contributed by atoms with E-state index in [-0.39, 0.29) is 64.0 Å². The summed E-state index contributed by atoms with van der Waals surface area (Å²) in [4.78, 5) is 31.2. The smallest absolute Gasteiger partial charge is 0.173 e. The normalized spacial score (nSPS) is 11.0. The monoisotopic (exact) mass is 1100 g/mol. The summed E-state index contributed by atoms with van der Waals surface area (Å²) in [7, 11) is 30.2. The maximum Gasteiger partial charge on any atom is 0.173 e. The molecule has 3 radical (unpaired) electrons. The Bertz CT molecular complexity index is 1810. The van der Waals surface area contributed by atoms with Gasteiger partial charge in [-0.2, -0.15) is 0 Å². The van der Waals surface area contributed by atoms with Gasteiger partial charge in [-0.25, -0.2) is 19.9 Å². The number of ketones is 1. The lowest BCUT2D eigenvalue weighted by atomic mass is 10.1. The number of carbonyl (C=O) groups is 1. The summed E-state index contributed by atoms with van der Waals surface area (Å²) in [5.41, 5.74) is 11.0. The molecular weight excluding hydrogens is 1050 g/mol. The van der Waals surface area contributed by atoms with Gasteiger partial charge >= 0.3 is 0 Å². The Morgan fingerprint density at radius 1 is 0.786 bits per heavy atom. The molecular formula is C30H52BBrCl2N8OP13. The molecule has 0 fully saturated rings. The number of nitrogens with two attached hydrogens (primary N) is 1. The number of aromatic nitrogens is 5. The van der Waals surface area contributed by atoms with Crippen LogP contribution in [0.3, 0.4) is 0 Å². The summed E-state index contributed by atoms with van der Waals surface area (Å²) in [6.07, 6.45) is 8.17. The molecule has 0 saturated carbocycles. The van der Waals surface area contributed by atoms with Gasteiger partial charge in [0.1, 0.15) is 16.1 Å². The maximum atomic E-state index is 11.2. The van der Waals surface area contributed by atoms with E-state index in [2.05, 4.69) is 128 Å². The van der Waals surface area contributed by atoms with Crippen molar-refractivity contribution in [3.63, 3.8) is 0 Å². The molecule has 0 aliphatic rings. The zero-order valence-corrected chi connectivity index (χ0v) is 46.5. The molecule has 0 bridgehead atoms. The van der Waals surface area contributed by atoms with E-state index in [9.17, 15) is 4.79 Å². The molecule has 3 aromatic heterocycles. The molecule has 0 aliphatic heterocycles. The fourth-order valence-corrected chi connectivity index (χ4v) is 132. The van der Waals surface area contributed by atoms with Crippen molar-refractivity contribution < 1.29 is 4.79 Å². The van der Waals surface area contributed by atoms with Crippen LogP contribution in [0.15, 0.2) is 79.5 Å². The Morgan fingerprint density at radius 2 is 1.29 bits per heavy atom.